The Kier molecular flexibility index (Phi) is 5.17. The monoisotopic (exact) mass is 317 g/mol. The molecule has 1 unspecified atom stereocenters. The molecule has 1 nitrogen and oxygen atoms in total. The van der Waals surface area contributed by atoms with Crippen LogP contribution in [0.4, 0.5) is 0 Å². The van der Waals surface area contributed by atoms with E-state index in [1.165, 1.54) is 16.7 Å². The largest absolute Gasteiger partial charge is 0.306 e. The minimum atomic E-state index is 0.246. The maximum atomic E-state index is 3.68. The minimum Gasteiger partial charge on any atom is -0.306 e. The molecule has 2 aromatic rings. The quantitative estimate of drug-likeness (QED) is 0.831. The predicted molar refractivity (Wildman–Crippen MR) is 85.5 cm³/mol. The first-order valence-corrected chi connectivity index (χ1v) is 7.56. The first-order valence-electron chi connectivity index (χ1n) is 6.76. The smallest absolute Gasteiger partial charge is 0.0587 e. The molecule has 0 aromatic heterocycles. The highest BCUT2D eigenvalue weighted by molar-refractivity contribution is 9.10. The number of nitrogens with one attached hydrogen (secondary N) is 1. The van der Waals surface area contributed by atoms with Crippen molar-refractivity contribution in [2.45, 2.75) is 26.3 Å². The molecule has 0 heterocycles. The van der Waals surface area contributed by atoms with Gasteiger partial charge in [0, 0.05) is 4.47 Å². The van der Waals surface area contributed by atoms with Crippen molar-refractivity contribution in [3.63, 3.8) is 0 Å². The van der Waals surface area contributed by atoms with Crippen LogP contribution >= 0.6 is 15.9 Å². The van der Waals surface area contributed by atoms with Gasteiger partial charge in [-0.3, -0.25) is 0 Å². The molecular formula is C17H20BrN. The lowest BCUT2D eigenvalue weighted by molar-refractivity contribution is 0.596. The van der Waals surface area contributed by atoms with E-state index in [1.54, 1.807) is 0 Å². The zero-order valence-electron chi connectivity index (χ0n) is 11.5. The summed E-state index contributed by atoms with van der Waals surface area (Å²) in [4.78, 5) is 0. The number of halogens is 1. The molecular weight excluding hydrogens is 298 g/mol. The van der Waals surface area contributed by atoms with Crippen LogP contribution < -0.4 is 5.32 Å². The normalized spacial score (nSPS) is 12.4. The lowest BCUT2D eigenvalue weighted by Crippen LogP contribution is -2.23. The van der Waals surface area contributed by atoms with Gasteiger partial charge in [-0.05, 0) is 37.1 Å². The summed E-state index contributed by atoms with van der Waals surface area (Å²) < 4.78 is 1.16. The van der Waals surface area contributed by atoms with Crippen molar-refractivity contribution in [2.75, 3.05) is 6.54 Å². The van der Waals surface area contributed by atoms with Gasteiger partial charge in [0.15, 0.2) is 0 Å². The van der Waals surface area contributed by atoms with Crippen molar-refractivity contribution < 1.29 is 0 Å². The molecule has 0 fully saturated rings. The van der Waals surface area contributed by atoms with Gasteiger partial charge in [-0.1, -0.05) is 70.9 Å². The van der Waals surface area contributed by atoms with E-state index in [-0.39, 0.29) is 6.04 Å². The van der Waals surface area contributed by atoms with Crippen LogP contribution in [0.3, 0.4) is 0 Å². The Balaban J connectivity index is 2.40. The van der Waals surface area contributed by atoms with Crippen molar-refractivity contribution in [3.8, 4) is 0 Å². The molecule has 0 amide bonds. The minimum absolute atomic E-state index is 0.246. The Hall–Kier alpha value is -1.12. The van der Waals surface area contributed by atoms with Gasteiger partial charge < -0.3 is 5.32 Å². The SMILES string of the molecule is CCCNC(c1ccccc1)c1cc(C)ccc1Br. The molecule has 0 aliphatic carbocycles. The Morgan fingerprint density at radius 1 is 1.11 bits per heavy atom. The Morgan fingerprint density at radius 3 is 2.53 bits per heavy atom. The third-order valence-corrected chi connectivity index (χ3v) is 3.92. The summed E-state index contributed by atoms with van der Waals surface area (Å²) in [7, 11) is 0. The van der Waals surface area contributed by atoms with Gasteiger partial charge >= 0.3 is 0 Å². The van der Waals surface area contributed by atoms with E-state index >= 15 is 0 Å². The molecule has 0 radical (unpaired) electrons. The van der Waals surface area contributed by atoms with E-state index in [0.717, 1.165) is 17.4 Å². The molecule has 0 spiro atoms. The molecule has 2 heteroatoms. The number of hydrogen-bond acceptors (Lipinski definition) is 1. The summed E-state index contributed by atoms with van der Waals surface area (Å²) in [6.07, 6.45) is 1.13. The zero-order valence-corrected chi connectivity index (χ0v) is 13.1. The third kappa shape index (κ3) is 3.68. The summed E-state index contributed by atoms with van der Waals surface area (Å²) in [5.41, 5.74) is 3.90. The van der Waals surface area contributed by atoms with E-state index in [1.807, 2.05) is 0 Å². The fraction of sp³-hybridized carbons (Fsp3) is 0.294. The van der Waals surface area contributed by atoms with E-state index in [4.69, 9.17) is 0 Å². The van der Waals surface area contributed by atoms with E-state index in [0.29, 0.717) is 0 Å². The van der Waals surface area contributed by atoms with Gasteiger partial charge in [0.25, 0.3) is 0 Å². The summed E-state index contributed by atoms with van der Waals surface area (Å²) in [5.74, 6) is 0. The molecule has 2 rings (SSSR count). The van der Waals surface area contributed by atoms with Crippen molar-refractivity contribution in [2.24, 2.45) is 0 Å². The fourth-order valence-electron chi connectivity index (χ4n) is 2.23. The summed E-state index contributed by atoms with van der Waals surface area (Å²) in [5, 5.41) is 3.64. The maximum absolute atomic E-state index is 3.68. The summed E-state index contributed by atoms with van der Waals surface area (Å²) >= 11 is 3.68. The van der Waals surface area contributed by atoms with Crippen LogP contribution in [0, 0.1) is 6.92 Å². The molecule has 0 aliphatic rings. The molecule has 0 saturated carbocycles. The molecule has 19 heavy (non-hydrogen) atoms. The molecule has 1 atom stereocenters. The van der Waals surface area contributed by atoms with Crippen LogP contribution in [0.25, 0.3) is 0 Å². The fourth-order valence-corrected chi connectivity index (χ4v) is 2.70. The van der Waals surface area contributed by atoms with Crippen LogP contribution in [0.2, 0.25) is 0 Å². The Bertz CT molecular complexity index is 522. The van der Waals surface area contributed by atoms with Crippen molar-refractivity contribution in [1.82, 2.24) is 5.32 Å². The van der Waals surface area contributed by atoms with Crippen molar-refractivity contribution in [3.05, 3.63) is 69.7 Å². The lowest BCUT2D eigenvalue weighted by atomic mass is 9.97. The Labute approximate surface area is 124 Å². The van der Waals surface area contributed by atoms with Crippen LogP contribution in [-0.2, 0) is 0 Å². The first kappa shape index (κ1) is 14.3. The second kappa shape index (κ2) is 6.88. The zero-order chi connectivity index (χ0) is 13.7. The average Bonchev–Trinajstić information content (AvgIpc) is 2.44. The molecule has 1 N–H and O–H groups in total. The molecule has 0 saturated heterocycles. The summed E-state index contributed by atoms with van der Waals surface area (Å²) in [6.45, 7) is 5.35. The van der Waals surface area contributed by atoms with Gasteiger partial charge in [0.05, 0.1) is 6.04 Å². The van der Waals surface area contributed by atoms with E-state index in [9.17, 15) is 0 Å². The highest BCUT2D eigenvalue weighted by atomic mass is 79.9. The second-order valence-electron chi connectivity index (χ2n) is 4.82. The highest BCUT2D eigenvalue weighted by Crippen LogP contribution is 2.29. The number of benzene rings is 2. The van der Waals surface area contributed by atoms with Gasteiger partial charge in [-0.15, -0.1) is 0 Å². The van der Waals surface area contributed by atoms with Crippen LogP contribution in [0.15, 0.2) is 53.0 Å². The molecule has 100 valence electrons. The number of aryl methyl sites for hydroxylation is 1. The van der Waals surface area contributed by atoms with Crippen molar-refractivity contribution in [1.29, 1.82) is 0 Å². The van der Waals surface area contributed by atoms with E-state index in [2.05, 4.69) is 83.6 Å². The molecule has 0 aliphatic heterocycles. The van der Waals surface area contributed by atoms with Gasteiger partial charge in [-0.25, -0.2) is 0 Å². The topological polar surface area (TPSA) is 12.0 Å². The first-order chi connectivity index (χ1) is 9.22. The maximum Gasteiger partial charge on any atom is 0.0587 e. The van der Waals surface area contributed by atoms with Gasteiger partial charge in [0.1, 0.15) is 0 Å². The second-order valence-corrected chi connectivity index (χ2v) is 5.68. The van der Waals surface area contributed by atoms with Gasteiger partial charge in [0.2, 0.25) is 0 Å². The number of rotatable bonds is 5. The number of hydrogen-bond donors (Lipinski definition) is 1. The van der Waals surface area contributed by atoms with Crippen LogP contribution in [0.1, 0.15) is 36.1 Å². The highest BCUT2D eigenvalue weighted by Gasteiger charge is 2.15. The molecule has 0 bridgehead atoms. The summed E-state index contributed by atoms with van der Waals surface area (Å²) in [6, 6.07) is 17.4. The molecule has 2 aromatic carbocycles. The van der Waals surface area contributed by atoms with E-state index < -0.39 is 0 Å². The Morgan fingerprint density at radius 2 is 1.84 bits per heavy atom. The van der Waals surface area contributed by atoms with Crippen molar-refractivity contribution >= 4 is 15.9 Å². The predicted octanol–water partition coefficient (Wildman–Crippen LogP) is 4.85. The van der Waals surface area contributed by atoms with Crippen LogP contribution in [-0.4, -0.2) is 6.54 Å². The average molecular weight is 318 g/mol. The lowest BCUT2D eigenvalue weighted by Gasteiger charge is -2.21. The van der Waals surface area contributed by atoms with Gasteiger partial charge in [-0.2, -0.15) is 0 Å². The third-order valence-electron chi connectivity index (χ3n) is 3.19. The van der Waals surface area contributed by atoms with Crippen LogP contribution in [0.5, 0.6) is 0 Å². The standard InChI is InChI=1S/C17H20BrN/c1-3-11-19-17(14-7-5-4-6-8-14)15-12-13(2)9-10-16(15)18/h4-10,12,17,19H,3,11H2,1-2H3.